The lowest BCUT2D eigenvalue weighted by Crippen LogP contribution is -2.51. The zero-order chi connectivity index (χ0) is 14.1. The highest BCUT2D eigenvalue weighted by atomic mass is 16.5. The smallest absolute Gasteiger partial charge is 0.327 e. The molecule has 0 aromatic carbocycles. The number of rotatable bonds is 7. The van der Waals surface area contributed by atoms with Crippen molar-refractivity contribution in [3.05, 3.63) is 0 Å². The first-order valence-corrected chi connectivity index (χ1v) is 5.70. The van der Waals surface area contributed by atoms with Gasteiger partial charge in [-0.1, -0.05) is 0 Å². The lowest BCUT2D eigenvalue weighted by Gasteiger charge is -2.28. The lowest BCUT2D eigenvalue weighted by molar-refractivity contribution is -0.139. The number of likely N-dealkylation sites (N-methyl/N-ethyl adjacent to an activating group) is 1. The summed E-state index contributed by atoms with van der Waals surface area (Å²) < 4.78 is 4.97. The molecule has 6 heteroatoms. The van der Waals surface area contributed by atoms with Crippen molar-refractivity contribution in [3.8, 4) is 12.3 Å². The van der Waals surface area contributed by atoms with E-state index in [1.165, 1.54) is 4.90 Å². The third kappa shape index (κ3) is 5.06. The van der Waals surface area contributed by atoms with E-state index >= 15 is 0 Å². The Kier molecular flexibility index (Phi) is 7.56. The Morgan fingerprint density at radius 3 is 2.56 bits per heavy atom. The molecule has 0 bridgehead atoms. The molecular weight excluding hydrogens is 236 g/mol. The van der Waals surface area contributed by atoms with Crippen LogP contribution in [0.15, 0.2) is 0 Å². The van der Waals surface area contributed by atoms with E-state index in [0.717, 1.165) is 0 Å². The third-order valence-corrected chi connectivity index (χ3v) is 2.46. The molecule has 0 aliphatic rings. The molecule has 0 radical (unpaired) electrons. The van der Waals surface area contributed by atoms with Crippen LogP contribution in [0.25, 0.3) is 0 Å². The number of nitrogens with one attached hydrogen (secondary N) is 1. The van der Waals surface area contributed by atoms with E-state index in [-0.39, 0.29) is 12.5 Å². The van der Waals surface area contributed by atoms with Gasteiger partial charge < -0.3 is 20.1 Å². The molecule has 18 heavy (non-hydrogen) atoms. The number of carbonyl (C=O) groups is 2. The summed E-state index contributed by atoms with van der Waals surface area (Å²) in [4.78, 5) is 24.3. The number of hydrogen-bond acceptors (Lipinski definition) is 3. The first-order chi connectivity index (χ1) is 8.47. The van der Waals surface area contributed by atoms with Crippen molar-refractivity contribution >= 4 is 12.0 Å². The summed E-state index contributed by atoms with van der Waals surface area (Å²) in [5.74, 6) is 1.09. The van der Waals surface area contributed by atoms with Crippen LogP contribution in [0.4, 0.5) is 4.79 Å². The molecule has 0 aromatic rings. The summed E-state index contributed by atoms with van der Waals surface area (Å²) in [6.45, 7) is 4.47. The average molecular weight is 256 g/mol. The van der Waals surface area contributed by atoms with E-state index in [4.69, 9.17) is 16.3 Å². The molecule has 0 heterocycles. The van der Waals surface area contributed by atoms with E-state index in [1.54, 1.807) is 7.11 Å². The number of urea groups is 1. The molecule has 102 valence electrons. The summed E-state index contributed by atoms with van der Waals surface area (Å²) in [5.41, 5.74) is 0. The van der Waals surface area contributed by atoms with Crippen LogP contribution >= 0.6 is 0 Å². The third-order valence-electron chi connectivity index (χ3n) is 2.46. The van der Waals surface area contributed by atoms with Gasteiger partial charge in [0.1, 0.15) is 6.04 Å². The highest BCUT2D eigenvalue weighted by Crippen LogP contribution is 2.02. The average Bonchev–Trinajstić information content (AvgIpc) is 2.29. The predicted molar refractivity (Wildman–Crippen MR) is 67.1 cm³/mol. The molecule has 2 N–H and O–H groups in total. The maximum absolute atomic E-state index is 11.9. The molecule has 0 spiro atoms. The minimum Gasteiger partial charge on any atom is -0.480 e. The zero-order valence-corrected chi connectivity index (χ0v) is 11.0. The highest BCUT2D eigenvalue weighted by Gasteiger charge is 2.24. The van der Waals surface area contributed by atoms with E-state index in [9.17, 15) is 9.59 Å². The van der Waals surface area contributed by atoms with Crippen molar-refractivity contribution < 1.29 is 19.4 Å². The van der Waals surface area contributed by atoms with Gasteiger partial charge in [0, 0.05) is 20.1 Å². The molecule has 2 atom stereocenters. The van der Waals surface area contributed by atoms with Gasteiger partial charge >= 0.3 is 12.0 Å². The second kappa shape index (κ2) is 8.37. The van der Waals surface area contributed by atoms with Crippen LogP contribution in [0.3, 0.4) is 0 Å². The molecule has 6 nitrogen and oxygen atoms in total. The van der Waals surface area contributed by atoms with Crippen LogP contribution in [-0.2, 0) is 9.53 Å². The monoisotopic (exact) mass is 256 g/mol. The number of methoxy groups -OCH3 is 1. The van der Waals surface area contributed by atoms with Crippen molar-refractivity contribution in [2.24, 2.45) is 0 Å². The topological polar surface area (TPSA) is 78.9 Å². The number of ether oxygens (including phenoxy) is 1. The Morgan fingerprint density at radius 1 is 1.56 bits per heavy atom. The molecule has 0 aliphatic carbocycles. The van der Waals surface area contributed by atoms with Crippen LogP contribution in [0.5, 0.6) is 0 Å². The largest absolute Gasteiger partial charge is 0.480 e. The van der Waals surface area contributed by atoms with Gasteiger partial charge in [-0.2, -0.15) is 0 Å². The lowest BCUT2D eigenvalue weighted by atomic mass is 10.2. The molecule has 0 saturated carbocycles. The summed E-state index contributed by atoms with van der Waals surface area (Å²) >= 11 is 0. The first kappa shape index (κ1) is 16.3. The van der Waals surface area contributed by atoms with Crippen LogP contribution < -0.4 is 5.32 Å². The van der Waals surface area contributed by atoms with Gasteiger partial charge in [-0.3, -0.25) is 0 Å². The van der Waals surface area contributed by atoms with E-state index in [2.05, 4.69) is 11.2 Å². The Bertz CT molecular complexity index is 325. The number of carboxylic acid groups (broad SMARTS) is 1. The molecule has 2 amide bonds. The SMILES string of the molecule is C#CCC(NC(=O)N(CC)C(C)COC)C(=O)O. The van der Waals surface area contributed by atoms with Crippen molar-refractivity contribution in [1.82, 2.24) is 10.2 Å². The van der Waals surface area contributed by atoms with Crippen LogP contribution in [0, 0.1) is 12.3 Å². The fourth-order valence-corrected chi connectivity index (χ4v) is 1.54. The quantitative estimate of drug-likeness (QED) is 0.651. The van der Waals surface area contributed by atoms with E-state index < -0.39 is 18.0 Å². The normalized spacial score (nSPS) is 13.2. The standard InChI is InChI=1S/C12H20N2O4/c1-5-7-10(11(15)16)13-12(17)14(6-2)9(3)8-18-4/h1,9-10H,6-8H2,2-4H3,(H,13,17)(H,15,16). The van der Waals surface area contributed by atoms with Crippen LogP contribution in [-0.4, -0.2) is 54.4 Å². The summed E-state index contributed by atoms with van der Waals surface area (Å²) in [7, 11) is 1.54. The maximum atomic E-state index is 11.9. The Balaban J connectivity index is 4.59. The number of carbonyl (C=O) groups excluding carboxylic acids is 1. The second-order valence-electron chi connectivity index (χ2n) is 3.84. The molecule has 0 aromatic heterocycles. The summed E-state index contributed by atoms with van der Waals surface area (Å²) in [5, 5.41) is 11.3. The molecule has 0 rings (SSSR count). The minimum absolute atomic E-state index is 0.0444. The van der Waals surface area contributed by atoms with Crippen molar-refractivity contribution in [3.63, 3.8) is 0 Å². The summed E-state index contributed by atoms with van der Waals surface area (Å²) in [6, 6.07) is -1.66. The second-order valence-corrected chi connectivity index (χ2v) is 3.84. The molecule has 0 saturated heterocycles. The number of amides is 2. The van der Waals surface area contributed by atoms with Crippen LogP contribution in [0.2, 0.25) is 0 Å². The minimum atomic E-state index is -1.14. The van der Waals surface area contributed by atoms with Gasteiger partial charge in [0.05, 0.1) is 12.6 Å². The van der Waals surface area contributed by atoms with Gasteiger partial charge in [0.2, 0.25) is 0 Å². The zero-order valence-electron chi connectivity index (χ0n) is 11.0. The van der Waals surface area contributed by atoms with Crippen molar-refractivity contribution in [2.45, 2.75) is 32.4 Å². The highest BCUT2D eigenvalue weighted by molar-refractivity contribution is 5.82. The summed E-state index contributed by atoms with van der Waals surface area (Å²) in [6.07, 6.45) is 5.02. The number of hydrogen-bond donors (Lipinski definition) is 2. The Morgan fingerprint density at radius 2 is 2.17 bits per heavy atom. The molecular formula is C12H20N2O4. The molecule has 0 fully saturated rings. The van der Waals surface area contributed by atoms with E-state index in [1.807, 2.05) is 13.8 Å². The van der Waals surface area contributed by atoms with Crippen molar-refractivity contribution in [2.75, 3.05) is 20.3 Å². The Labute approximate surface area is 107 Å². The fraction of sp³-hybridized carbons (Fsp3) is 0.667. The predicted octanol–water partition coefficient (Wildman–Crippen LogP) is 0.529. The van der Waals surface area contributed by atoms with Crippen molar-refractivity contribution in [1.29, 1.82) is 0 Å². The molecule has 2 unspecified atom stereocenters. The van der Waals surface area contributed by atoms with Gasteiger partial charge in [0.25, 0.3) is 0 Å². The van der Waals surface area contributed by atoms with Gasteiger partial charge in [0.15, 0.2) is 0 Å². The van der Waals surface area contributed by atoms with E-state index in [0.29, 0.717) is 13.2 Å². The van der Waals surface area contributed by atoms with Crippen LogP contribution in [0.1, 0.15) is 20.3 Å². The number of aliphatic carboxylic acids is 1. The number of terminal acetylenes is 1. The van der Waals surface area contributed by atoms with Gasteiger partial charge in [-0.05, 0) is 13.8 Å². The number of nitrogens with zero attached hydrogens (tertiary/aromatic N) is 1. The maximum Gasteiger partial charge on any atom is 0.327 e. The number of carboxylic acids is 1. The Hall–Kier alpha value is -1.74. The fourth-order valence-electron chi connectivity index (χ4n) is 1.54. The first-order valence-electron chi connectivity index (χ1n) is 5.70. The molecule has 0 aliphatic heterocycles. The van der Waals surface area contributed by atoms with Gasteiger partial charge in [-0.15, -0.1) is 12.3 Å². The van der Waals surface area contributed by atoms with Gasteiger partial charge in [-0.25, -0.2) is 9.59 Å².